The maximum absolute atomic E-state index is 12.7. The van der Waals surface area contributed by atoms with E-state index < -0.39 is 23.7 Å². The molecule has 7 nitrogen and oxygen atoms in total. The Labute approximate surface area is 223 Å². The topological polar surface area (TPSA) is 75.6 Å². The van der Waals surface area contributed by atoms with Crippen LogP contribution in [0.15, 0.2) is 90.4 Å². The summed E-state index contributed by atoms with van der Waals surface area (Å²) in [6.07, 6.45) is 1.77. The molecule has 0 saturated heterocycles. The van der Waals surface area contributed by atoms with Gasteiger partial charge in [0.15, 0.2) is 23.6 Å². The Kier molecular flexibility index (Phi) is 8.36. The molecule has 0 spiro atoms. The van der Waals surface area contributed by atoms with E-state index in [4.69, 9.17) is 23.7 Å². The van der Waals surface area contributed by atoms with Gasteiger partial charge in [-0.2, -0.15) is 0 Å². The van der Waals surface area contributed by atoms with Crippen molar-refractivity contribution in [2.45, 2.75) is 44.6 Å². The lowest BCUT2D eigenvalue weighted by Gasteiger charge is -2.28. The number of methoxy groups -OCH3 is 2. The van der Waals surface area contributed by atoms with Crippen LogP contribution in [0.25, 0.3) is 0 Å². The van der Waals surface area contributed by atoms with Crippen molar-refractivity contribution < 1.29 is 28.5 Å². The Morgan fingerprint density at radius 2 is 1.79 bits per heavy atom. The second-order valence-corrected chi connectivity index (χ2v) is 9.12. The normalized spacial score (nSPS) is 17.9. The van der Waals surface area contributed by atoms with Crippen LogP contribution in [0.1, 0.15) is 43.1 Å². The van der Waals surface area contributed by atoms with Gasteiger partial charge in [0, 0.05) is 5.56 Å². The Bertz CT molecular complexity index is 1290. The molecule has 0 fully saturated rings. The first kappa shape index (κ1) is 26.8. The quantitative estimate of drug-likeness (QED) is 0.228. The van der Waals surface area contributed by atoms with Crippen molar-refractivity contribution in [3.05, 3.63) is 102 Å². The summed E-state index contributed by atoms with van der Waals surface area (Å²) in [7, 11) is 2.94. The third-order valence-electron chi connectivity index (χ3n) is 6.57. The third kappa shape index (κ3) is 5.99. The van der Waals surface area contributed by atoms with Gasteiger partial charge in [-0.25, -0.2) is 9.79 Å². The van der Waals surface area contributed by atoms with Gasteiger partial charge in [-0.1, -0.05) is 49.9 Å². The van der Waals surface area contributed by atoms with Gasteiger partial charge in [0.2, 0.25) is 5.90 Å². The smallest absolute Gasteiger partial charge is 0.335 e. The van der Waals surface area contributed by atoms with E-state index in [9.17, 15) is 4.79 Å². The predicted octanol–water partition coefficient (Wildman–Crippen LogP) is 6.07. The summed E-state index contributed by atoms with van der Waals surface area (Å²) < 4.78 is 29.1. The summed E-state index contributed by atoms with van der Waals surface area (Å²) in [6.45, 7) is 8.31. The summed E-state index contributed by atoms with van der Waals surface area (Å²) >= 11 is 0. The zero-order valence-electron chi connectivity index (χ0n) is 22.2. The monoisotopic (exact) mass is 515 g/mol. The number of benzene rings is 3. The van der Waals surface area contributed by atoms with E-state index in [1.807, 2.05) is 86.6 Å². The van der Waals surface area contributed by atoms with Crippen LogP contribution in [0.2, 0.25) is 0 Å². The lowest BCUT2D eigenvalue weighted by atomic mass is 10.0. The van der Waals surface area contributed by atoms with Gasteiger partial charge in [-0.05, 0) is 66.9 Å². The molecule has 0 aliphatic carbocycles. The van der Waals surface area contributed by atoms with Crippen LogP contribution in [0, 0.1) is 0 Å². The number of nitrogens with zero attached hydrogens (tertiary/aromatic N) is 1. The van der Waals surface area contributed by atoms with Crippen LogP contribution in [-0.4, -0.2) is 37.7 Å². The van der Waals surface area contributed by atoms with Crippen LogP contribution in [0.5, 0.6) is 17.2 Å². The first-order valence-corrected chi connectivity index (χ1v) is 12.5. The van der Waals surface area contributed by atoms with E-state index in [0.29, 0.717) is 41.7 Å². The van der Waals surface area contributed by atoms with Gasteiger partial charge in [0.1, 0.15) is 18.0 Å². The minimum atomic E-state index is -0.877. The van der Waals surface area contributed by atoms with Gasteiger partial charge in [-0.3, -0.25) is 0 Å². The largest absolute Gasteiger partial charge is 0.497 e. The molecule has 0 amide bonds. The number of rotatable bonds is 11. The summed E-state index contributed by atoms with van der Waals surface area (Å²) in [5, 5.41) is 0. The van der Waals surface area contributed by atoms with Crippen LogP contribution in [-0.2, 0) is 20.9 Å². The van der Waals surface area contributed by atoms with Gasteiger partial charge >= 0.3 is 5.97 Å². The minimum Gasteiger partial charge on any atom is -0.497 e. The number of hydrogen-bond acceptors (Lipinski definition) is 7. The number of ether oxygens (including phenoxy) is 5. The number of carbonyl (C=O) groups is 1. The van der Waals surface area contributed by atoms with Crippen molar-refractivity contribution in [1.82, 2.24) is 0 Å². The first-order chi connectivity index (χ1) is 18.4. The fourth-order valence-electron chi connectivity index (χ4n) is 3.98. The molecule has 0 saturated carbocycles. The molecule has 1 aliphatic heterocycles. The number of hydrogen-bond donors (Lipinski definition) is 0. The second-order valence-electron chi connectivity index (χ2n) is 9.12. The third-order valence-corrected chi connectivity index (χ3v) is 6.57. The maximum Gasteiger partial charge on any atom is 0.335 e. The number of aliphatic imine (C=N–C) groups is 1. The lowest BCUT2D eigenvalue weighted by molar-refractivity contribution is -0.143. The summed E-state index contributed by atoms with van der Waals surface area (Å²) in [4.78, 5) is 17.3. The average Bonchev–Trinajstić information content (AvgIpc) is 3.42. The molecule has 198 valence electrons. The van der Waals surface area contributed by atoms with Crippen LogP contribution in [0.4, 0.5) is 0 Å². The number of esters is 1. The zero-order valence-corrected chi connectivity index (χ0v) is 22.2. The first-order valence-electron chi connectivity index (χ1n) is 12.5. The molecular weight excluding hydrogens is 482 g/mol. The maximum atomic E-state index is 12.7. The van der Waals surface area contributed by atoms with Crippen molar-refractivity contribution in [1.29, 1.82) is 0 Å². The van der Waals surface area contributed by atoms with Crippen molar-refractivity contribution in [2.24, 2.45) is 4.99 Å². The van der Waals surface area contributed by atoms with Crippen molar-refractivity contribution in [3.8, 4) is 17.2 Å². The molecule has 0 aromatic heterocycles. The summed E-state index contributed by atoms with van der Waals surface area (Å²) in [5.74, 6) is 1.66. The Hall–Kier alpha value is -4.26. The Morgan fingerprint density at radius 1 is 1.05 bits per heavy atom. The van der Waals surface area contributed by atoms with Crippen molar-refractivity contribution >= 4 is 11.9 Å². The zero-order chi connectivity index (χ0) is 27.1. The van der Waals surface area contributed by atoms with E-state index >= 15 is 0 Å². The van der Waals surface area contributed by atoms with Gasteiger partial charge in [0.05, 0.1) is 14.2 Å². The highest BCUT2D eigenvalue weighted by molar-refractivity contribution is 5.98. The van der Waals surface area contributed by atoms with Crippen LogP contribution >= 0.6 is 0 Å². The SMILES string of the molecule is C=C[C@@](C)(CC)Oc1cc([C@H]2OC(c3ccc(OC)cc3)=N[C@@H]2C(=O)OC)ccc1OCc1ccccc1. The molecule has 0 unspecified atom stereocenters. The average molecular weight is 516 g/mol. The molecule has 3 aromatic carbocycles. The fraction of sp³-hybridized carbons (Fsp3) is 0.290. The van der Waals surface area contributed by atoms with Gasteiger partial charge in [-0.15, -0.1) is 0 Å². The number of carbonyl (C=O) groups excluding carboxylic acids is 1. The van der Waals surface area contributed by atoms with Gasteiger partial charge in [0.25, 0.3) is 0 Å². The Morgan fingerprint density at radius 3 is 2.42 bits per heavy atom. The molecule has 38 heavy (non-hydrogen) atoms. The Balaban J connectivity index is 1.67. The molecule has 1 aliphatic rings. The second kappa shape index (κ2) is 11.9. The molecule has 4 rings (SSSR count). The summed E-state index contributed by atoms with van der Waals surface area (Å²) in [6, 6.07) is 21.8. The molecule has 3 aromatic rings. The molecule has 1 heterocycles. The van der Waals surface area contributed by atoms with Crippen LogP contribution < -0.4 is 14.2 Å². The van der Waals surface area contributed by atoms with Gasteiger partial charge < -0.3 is 23.7 Å². The van der Waals surface area contributed by atoms with E-state index in [2.05, 4.69) is 11.6 Å². The minimum absolute atomic E-state index is 0.351. The molecule has 3 atom stereocenters. The van der Waals surface area contributed by atoms with E-state index in [1.165, 1.54) is 7.11 Å². The van der Waals surface area contributed by atoms with E-state index in [0.717, 1.165) is 11.1 Å². The standard InChI is InChI=1S/C31H33NO6/c1-6-31(3,7-2)38-26-19-23(15-18-25(26)36-20-21-11-9-8-10-12-21)28-27(30(33)35-5)32-29(37-28)22-13-16-24(34-4)17-14-22/h6,8-19,27-28H,1,7,20H2,2-5H3/t27-,28+,31-/m0/s1. The van der Waals surface area contributed by atoms with Crippen molar-refractivity contribution in [3.63, 3.8) is 0 Å². The summed E-state index contributed by atoms with van der Waals surface area (Å²) in [5.41, 5.74) is 1.85. The fourth-order valence-corrected chi connectivity index (χ4v) is 3.98. The molecule has 0 N–H and O–H groups in total. The van der Waals surface area contributed by atoms with Crippen molar-refractivity contribution in [2.75, 3.05) is 14.2 Å². The van der Waals surface area contributed by atoms with E-state index in [-0.39, 0.29) is 0 Å². The van der Waals surface area contributed by atoms with E-state index in [1.54, 1.807) is 13.2 Å². The van der Waals surface area contributed by atoms with Crippen LogP contribution in [0.3, 0.4) is 0 Å². The molecule has 0 bridgehead atoms. The molecule has 0 radical (unpaired) electrons. The predicted molar refractivity (Wildman–Crippen MR) is 146 cm³/mol. The lowest BCUT2D eigenvalue weighted by Crippen LogP contribution is -2.29. The highest BCUT2D eigenvalue weighted by atomic mass is 16.5. The molecular formula is C31H33NO6. The molecule has 7 heteroatoms. The highest BCUT2D eigenvalue weighted by Gasteiger charge is 2.39. The highest BCUT2D eigenvalue weighted by Crippen LogP contribution is 2.39.